The lowest BCUT2D eigenvalue weighted by Gasteiger charge is -2.21. The number of nitrogens with zero attached hydrogens (tertiary/aromatic N) is 4. The number of halogens is 2. The zero-order valence-corrected chi connectivity index (χ0v) is 18.2. The van der Waals surface area contributed by atoms with E-state index < -0.39 is 17.4 Å². The van der Waals surface area contributed by atoms with E-state index in [-0.39, 0.29) is 40.6 Å². The number of fused-ring (bicyclic) bond motifs is 1. The quantitative estimate of drug-likeness (QED) is 0.599. The summed E-state index contributed by atoms with van der Waals surface area (Å²) in [4.78, 5) is 42.3. The molecule has 0 bridgehead atoms. The highest BCUT2D eigenvalue weighted by atomic mass is 35.5. The Labute approximate surface area is 187 Å². The van der Waals surface area contributed by atoms with Gasteiger partial charge >= 0.3 is 6.09 Å². The van der Waals surface area contributed by atoms with Crippen LogP contribution in [-0.4, -0.2) is 38.7 Å². The number of hydrogen-bond donors (Lipinski definition) is 2. The van der Waals surface area contributed by atoms with Crippen LogP contribution in [0.4, 0.5) is 21.1 Å². The predicted octanol–water partition coefficient (Wildman–Crippen LogP) is 3.65. The molecule has 1 aliphatic carbocycles. The number of ether oxygens (including phenoxy) is 1. The van der Waals surface area contributed by atoms with E-state index in [9.17, 15) is 14.0 Å². The number of benzene rings is 1. The van der Waals surface area contributed by atoms with Crippen molar-refractivity contribution in [1.29, 1.82) is 0 Å². The molecule has 5 rings (SSSR count). The van der Waals surface area contributed by atoms with Crippen LogP contribution in [0.5, 0.6) is 0 Å². The number of amides is 1. The topological polar surface area (TPSA) is 113 Å². The first-order valence-electron chi connectivity index (χ1n) is 10.3. The van der Waals surface area contributed by atoms with E-state index in [1.54, 1.807) is 19.1 Å². The van der Waals surface area contributed by atoms with Crippen molar-refractivity contribution in [3.63, 3.8) is 0 Å². The summed E-state index contributed by atoms with van der Waals surface area (Å²) in [5.74, 6) is 0.300. The predicted molar refractivity (Wildman–Crippen MR) is 117 cm³/mol. The van der Waals surface area contributed by atoms with Gasteiger partial charge < -0.3 is 15.0 Å². The first-order valence-corrected chi connectivity index (χ1v) is 10.7. The molecule has 11 heteroatoms. The molecular weight excluding hydrogens is 439 g/mol. The van der Waals surface area contributed by atoms with Crippen molar-refractivity contribution in [3.8, 4) is 0 Å². The summed E-state index contributed by atoms with van der Waals surface area (Å²) in [6, 6.07) is 4.39. The molecule has 3 aromatic rings. The van der Waals surface area contributed by atoms with Crippen molar-refractivity contribution in [3.05, 3.63) is 50.8 Å². The molecular formula is C21H20ClFN6O3. The van der Waals surface area contributed by atoms with Gasteiger partial charge in [0, 0.05) is 10.9 Å². The zero-order chi connectivity index (χ0) is 22.6. The van der Waals surface area contributed by atoms with Crippen LogP contribution in [0.3, 0.4) is 0 Å². The molecule has 0 spiro atoms. The number of carbonyl (C=O) groups is 1. The molecule has 1 amide bonds. The Balaban J connectivity index is 1.52. The van der Waals surface area contributed by atoms with E-state index in [0.717, 1.165) is 0 Å². The van der Waals surface area contributed by atoms with Gasteiger partial charge in [0.2, 0.25) is 11.9 Å². The second-order valence-electron chi connectivity index (χ2n) is 8.06. The minimum absolute atomic E-state index is 0.121. The van der Waals surface area contributed by atoms with E-state index in [2.05, 4.69) is 25.3 Å². The maximum atomic E-state index is 13.8. The highest BCUT2D eigenvalue weighted by Crippen LogP contribution is 2.47. The molecule has 2 aliphatic rings. The minimum atomic E-state index is -0.677. The Morgan fingerprint density at radius 2 is 2.09 bits per heavy atom. The van der Waals surface area contributed by atoms with Gasteiger partial charge in [0.05, 0.1) is 17.1 Å². The lowest BCUT2D eigenvalue weighted by Crippen LogP contribution is -2.35. The summed E-state index contributed by atoms with van der Waals surface area (Å²) >= 11 is 6.01. The summed E-state index contributed by atoms with van der Waals surface area (Å²) in [5, 5.41) is 3.76. The van der Waals surface area contributed by atoms with Gasteiger partial charge in [-0.15, -0.1) is 0 Å². The van der Waals surface area contributed by atoms with E-state index in [4.69, 9.17) is 16.3 Å². The molecule has 1 aromatic carbocycles. The van der Waals surface area contributed by atoms with Crippen molar-refractivity contribution in [1.82, 2.24) is 19.9 Å². The van der Waals surface area contributed by atoms with Gasteiger partial charge in [-0.25, -0.2) is 14.1 Å². The number of nitrogens with one attached hydrogen (secondary N) is 2. The third-order valence-corrected chi connectivity index (χ3v) is 6.28. The van der Waals surface area contributed by atoms with Crippen molar-refractivity contribution in [2.45, 2.75) is 44.7 Å². The van der Waals surface area contributed by atoms with Crippen LogP contribution in [-0.2, 0) is 10.3 Å². The fourth-order valence-electron chi connectivity index (χ4n) is 4.01. The van der Waals surface area contributed by atoms with E-state index in [1.807, 2.05) is 6.92 Å². The maximum Gasteiger partial charge on any atom is 0.417 e. The van der Waals surface area contributed by atoms with E-state index >= 15 is 0 Å². The van der Waals surface area contributed by atoms with Crippen LogP contribution in [0, 0.1) is 12.7 Å². The van der Waals surface area contributed by atoms with Crippen LogP contribution in [0.2, 0.25) is 5.02 Å². The van der Waals surface area contributed by atoms with Gasteiger partial charge in [-0.3, -0.25) is 4.79 Å². The number of H-pyrrole nitrogens is 1. The van der Waals surface area contributed by atoms with Crippen molar-refractivity contribution in [2.24, 2.45) is 0 Å². The molecule has 1 saturated heterocycles. The molecule has 0 unspecified atom stereocenters. The maximum absolute atomic E-state index is 13.8. The fraction of sp³-hybridized carbons (Fsp3) is 0.381. The Bertz CT molecular complexity index is 1310. The second-order valence-corrected chi connectivity index (χ2v) is 8.44. The van der Waals surface area contributed by atoms with E-state index in [0.29, 0.717) is 36.0 Å². The van der Waals surface area contributed by atoms with Crippen molar-refractivity contribution < 1.29 is 13.9 Å². The van der Waals surface area contributed by atoms with Crippen LogP contribution in [0.1, 0.15) is 37.6 Å². The second kappa shape index (κ2) is 7.40. The SMILES string of the molecule is CC[C@H]1COC(=O)N1c1nc(C)nc(NC2(c3cc4ccc(F)c(Cl)c4[nH]c3=O)CC2)n1. The Morgan fingerprint density at radius 1 is 1.31 bits per heavy atom. The molecule has 9 nitrogen and oxygen atoms in total. The van der Waals surface area contributed by atoms with E-state index in [1.165, 1.54) is 11.0 Å². The molecule has 1 aliphatic heterocycles. The number of pyridine rings is 1. The standard InChI is InChI=1S/C21H20ClFN6O3/c1-3-12-9-32-20(31)29(12)19-25-10(2)24-18(27-19)28-21(6-7-21)13-8-11-4-5-14(23)15(22)16(11)26-17(13)30/h4-5,8,12H,3,6-7,9H2,1-2H3,(H,26,30)(H,24,25,27,28)/t12-/m0/s1. The minimum Gasteiger partial charge on any atom is -0.447 e. The summed E-state index contributed by atoms with van der Waals surface area (Å²) in [6.07, 6.45) is 1.56. The first kappa shape index (κ1) is 20.6. The third kappa shape index (κ3) is 3.35. The van der Waals surface area contributed by atoms with Crippen LogP contribution >= 0.6 is 11.6 Å². The largest absolute Gasteiger partial charge is 0.447 e. The van der Waals surface area contributed by atoms with Gasteiger partial charge in [-0.2, -0.15) is 15.0 Å². The number of aromatic nitrogens is 4. The molecule has 166 valence electrons. The number of anilines is 2. The first-order chi connectivity index (χ1) is 15.3. The lowest BCUT2D eigenvalue weighted by molar-refractivity contribution is 0.178. The number of aryl methyl sites for hydroxylation is 1. The van der Waals surface area contributed by atoms with Gasteiger partial charge in [-0.05, 0) is 44.4 Å². The Morgan fingerprint density at radius 3 is 2.81 bits per heavy atom. The molecule has 1 atom stereocenters. The van der Waals surface area contributed by atoms with Gasteiger partial charge in [0.25, 0.3) is 5.56 Å². The van der Waals surface area contributed by atoms with Crippen molar-refractivity contribution in [2.75, 3.05) is 16.8 Å². The fourth-order valence-corrected chi connectivity index (χ4v) is 4.23. The smallest absolute Gasteiger partial charge is 0.417 e. The highest BCUT2D eigenvalue weighted by Gasteiger charge is 2.47. The molecule has 32 heavy (non-hydrogen) atoms. The molecule has 0 radical (unpaired) electrons. The number of hydrogen-bond acceptors (Lipinski definition) is 7. The average molecular weight is 459 g/mol. The molecule has 1 saturated carbocycles. The summed E-state index contributed by atoms with van der Waals surface area (Å²) in [7, 11) is 0. The van der Waals surface area contributed by atoms with Crippen molar-refractivity contribution >= 4 is 40.5 Å². The summed E-state index contributed by atoms with van der Waals surface area (Å²) in [6.45, 7) is 3.94. The number of aromatic amines is 1. The Hall–Kier alpha value is -3.27. The highest BCUT2D eigenvalue weighted by molar-refractivity contribution is 6.35. The lowest BCUT2D eigenvalue weighted by atomic mass is 10.0. The van der Waals surface area contributed by atoms with Crippen LogP contribution in [0.15, 0.2) is 23.0 Å². The van der Waals surface area contributed by atoms with Gasteiger partial charge in [0.15, 0.2) is 0 Å². The molecule has 2 fully saturated rings. The molecule has 3 heterocycles. The zero-order valence-electron chi connectivity index (χ0n) is 17.4. The summed E-state index contributed by atoms with van der Waals surface area (Å²) in [5.41, 5.74) is -0.300. The monoisotopic (exact) mass is 458 g/mol. The Kier molecular flexibility index (Phi) is 4.77. The molecule has 2 N–H and O–H groups in total. The van der Waals surface area contributed by atoms with Gasteiger partial charge in [-0.1, -0.05) is 18.5 Å². The third-order valence-electron chi connectivity index (χ3n) is 5.91. The number of rotatable bonds is 5. The average Bonchev–Trinajstić information content (AvgIpc) is 3.43. The van der Waals surface area contributed by atoms with Crippen LogP contribution in [0.25, 0.3) is 10.9 Å². The van der Waals surface area contributed by atoms with Crippen LogP contribution < -0.4 is 15.8 Å². The number of carbonyl (C=O) groups excluding carboxylic acids is 1. The van der Waals surface area contributed by atoms with Gasteiger partial charge in [0.1, 0.15) is 23.3 Å². The number of cyclic esters (lactones) is 1. The molecule has 2 aromatic heterocycles. The summed E-state index contributed by atoms with van der Waals surface area (Å²) < 4.78 is 18.9. The normalized spacial score (nSPS) is 19.3.